The number of carbonyl (C=O) groups excluding carboxylic acids is 1. The van der Waals surface area contributed by atoms with Gasteiger partial charge in [-0.2, -0.15) is 0 Å². The van der Waals surface area contributed by atoms with Crippen molar-refractivity contribution in [2.24, 2.45) is 0 Å². The maximum atomic E-state index is 10.3. The van der Waals surface area contributed by atoms with Gasteiger partial charge in [0.2, 0.25) is 0 Å². The van der Waals surface area contributed by atoms with Crippen LogP contribution in [-0.4, -0.2) is 12.4 Å². The highest BCUT2D eigenvalue weighted by Gasteiger charge is 2.21. The summed E-state index contributed by atoms with van der Waals surface area (Å²) in [5, 5.41) is 0. The van der Waals surface area contributed by atoms with Crippen molar-refractivity contribution in [3.05, 3.63) is 28.2 Å². The lowest BCUT2D eigenvalue weighted by Crippen LogP contribution is -2.12. The van der Waals surface area contributed by atoms with Crippen molar-refractivity contribution in [3.63, 3.8) is 0 Å². The third-order valence-corrected chi connectivity index (χ3v) is 2.62. The number of fused-ring (bicyclic) bond motifs is 1. The molecule has 0 N–H and O–H groups in total. The molecule has 0 saturated heterocycles. The molecule has 0 radical (unpaired) electrons. The molecule has 0 fully saturated rings. The summed E-state index contributed by atoms with van der Waals surface area (Å²) in [5.74, 6) is 0.912. The number of carbonyl (C=O) groups is 1. The fourth-order valence-electron chi connectivity index (χ4n) is 1.53. The van der Waals surface area contributed by atoms with Gasteiger partial charge < -0.3 is 9.53 Å². The van der Waals surface area contributed by atoms with Crippen molar-refractivity contribution in [1.29, 1.82) is 0 Å². The van der Waals surface area contributed by atoms with Crippen molar-refractivity contribution in [2.45, 2.75) is 18.9 Å². The number of benzene rings is 1. The minimum absolute atomic E-state index is 0.0433. The summed E-state index contributed by atoms with van der Waals surface area (Å²) in [6.45, 7) is 0. The SMILES string of the molecule is O=CCC1Cc2cc(Br)ccc2O1. The lowest BCUT2D eigenvalue weighted by molar-refractivity contribution is -0.109. The number of halogens is 1. The van der Waals surface area contributed by atoms with E-state index >= 15 is 0 Å². The average Bonchev–Trinajstić information content (AvgIpc) is 2.46. The van der Waals surface area contributed by atoms with Gasteiger partial charge >= 0.3 is 0 Å². The molecule has 1 unspecified atom stereocenters. The van der Waals surface area contributed by atoms with Gasteiger partial charge in [-0.05, 0) is 23.8 Å². The summed E-state index contributed by atoms with van der Waals surface area (Å²) in [6.07, 6.45) is 2.27. The van der Waals surface area contributed by atoms with Crippen molar-refractivity contribution >= 4 is 22.2 Å². The first-order valence-electron chi connectivity index (χ1n) is 4.18. The molecule has 0 aromatic heterocycles. The summed E-state index contributed by atoms with van der Waals surface area (Å²) < 4.78 is 6.61. The van der Waals surface area contributed by atoms with Gasteiger partial charge in [0.15, 0.2) is 0 Å². The molecule has 0 spiro atoms. The second-order valence-electron chi connectivity index (χ2n) is 3.10. The zero-order chi connectivity index (χ0) is 9.26. The van der Waals surface area contributed by atoms with Gasteiger partial charge in [0.05, 0.1) is 0 Å². The largest absolute Gasteiger partial charge is 0.489 e. The predicted molar refractivity (Wildman–Crippen MR) is 52.9 cm³/mol. The van der Waals surface area contributed by atoms with E-state index in [0.717, 1.165) is 22.9 Å². The molecule has 68 valence electrons. The Balaban J connectivity index is 2.20. The highest BCUT2D eigenvalue weighted by atomic mass is 79.9. The van der Waals surface area contributed by atoms with E-state index in [0.29, 0.717) is 6.42 Å². The predicted octanol–water partition coefficient (Wildman–Crippen LogP) is 2.34. The van der Waals surface area contributed by atoms with Crippen LogP contribution < -0.4 is 4.74 Å². The summed E-state index contributed by atoms with van der Waals surface area (Å²) in [5.41, 5.74) is 1.18. The standard InChI is InChI=1S/C10H9BrO2/c11-8-1-2-10-7(5-8)6-9(13-10)3-4-12/h1-2,4-5,9H,3,6H2. The molecule has 1 aromatic carbocycles. The van der Waals surface area contributed by atoms with Gasteiger partial charge in [0.25, 0.3) is 0 Å². The minimum Gasteiger partial charge on any atom is -0.489 e. The first-order valence-corrected chi connectivity index (χ1v) is 4.97. The van der Waals surface area contributed by atoms with Crippen LogP contribution in [0.4, 0.5) is 0 Å². The highest BCUT2D eigenvalue weighted by Crippen LogP contribution is 2.31. The molecule has 1 aromatic rings. The Labute approximate surface area is 85.0 Å². The van der Waals surface area contributed by atoms with E-state index in [1.807, 2.05) is 18.2 Å². The Bertz CT molecular complexity index is 336. The fraction of sp³-hybridized carbons (Fsp3) is 0.300. The van der Waals surface area contributed by atoms with Crippen LogP contribution in [0, 0.1) is 0 Å². The average molecular weight is 241 g/mol. The van der Waals surface area contributed by atoms with E-state index < -0.39 is 0 Å². The van der Waals surface area contributed by atoms with Crippen LogP contribution in [0.15, 0.2) is 22.7 Å². The van der Waals surface area contributed by atoms with Gasteiger partial charge in [-0.3, -0.25) is 0 Å². The van der Waals surface area contributed by atoms with Gasteiger partial charge in [0, 0.05) is 17.3 Å². The highest BCUT2D eigenvalue weighted by molar-refractivity contribution is 9.10. The third kappa shape index (κ3) is 1.75. The number of aldehydes is 1. The van der Waals surface area contributed by atoms with E-state index in [4.69, 9.17) is 4.74 Å². The molecule has 0 aliphatic carbocycles. The summed E-state index contributed by atoms with van der Waals surface area (Å²) in [4.78, 5) is 10.3. The zero-order valence-corrected chi connectivity index (χ0v) is 8.58. The minimum atomic E-state index is 0.0433. The monoisotopic (exact) mass is 240 g/mol. The van der Waals surface area contributed by atoms with Gasteiger partial charge in [-0.1, -0.05) is 15.9 Å². The molecule has 13 heavy (non-hydrogen) atoms. The smallest absolute Gasteiger partial charge is 0.123 e. The molecule has 0 bridgehead atoms. The summed E-state index contributed by atoms with van der Waals surface area (Å²) in [6, 6.07) is 5.92. The molecular weight excluding hydrogens is 232 g/mol. The Kier molecular flexibility index (Phi) is 2.36. The third-order valence-electron chi connectivity index (χ3n) is 2.12. The van der Waals surface area contributed by atoms with E-state index in [9.17, 15) is 4.79 Å². The van der Waals surface area contributed by atoms with Crippen LogP contribution in [0.5, 0.6) is 5.75 Å². The molecule has 0 saturated carbocycles. The second kappa shape index (κ2) is 3.50. The van der Waals surface area contributed by atoms with Crippen LogP contribution >= 0.6 is 15.9 Å². The van der Waals surface area contributed by atoms with Crippen LogP contribution in [-0.2, 0) is 11.2 Å². The Morgan fingerprint density at radius 1 is 1.62 bits per heavy atom. The molecule has 1 heterocycles. The van der Waals surface area contributed by atoms with Crippen molar-refractivity contribution < 1.29 is 9.53 Å². The topological polar surface area (TPSA) is 26.3 Å². The van der Waals surface area contributed by atoms with Gasteiger partial charge in [-0.15, -0.1) is 0 Å². The first kappa shape index (κ1) is 8.75. The second-order valence-corrected chi connectivity index (χ2v) is 4.01. The van der Waals surface area contributed by atoms with Crippen molar-refractivity contribution in [1.82, 2.24) is 0 Å². The summed E-state index contributed by atoms with van der Waals surface area (Å²) >= 11 is 3.40. The van der Waals surface area contributed by atoms with Crippen LogP contribution in [0.25, 0.3) is 0 Å². The molecule has 1 aliphatic rings. The molecule has 2 rings (SSSR count). The maximum absolute atomic E-state index is 10.3. The lowest BCUT2D eigenvalue weighted by atomic mass is 10.1. The number of ether oxygens (including phenoxy) is 1. The molecule has 0 amide bonds. The quantitative estimate of drug-likeness (QED) is 0.743. The van der Waals surface area contributed by atoms with Crippen molar-refractivity contribution in [3.8, 4) is 5.75 Å². The van der Waals surface area contributed by atoms with E-state index in [1.165, 1.54) is 5.56 Å². The Morgan fingerprint density at radius 3 is 3.23 bits per heavy atom. The lowest BCUT2D eigenvalue weighted by Gasteiger charge is -2.04. The normalized spacial score (nSPS) is 19.3. The van der Waals surface area contributed by atoms with Gasteiger partial charge in [-0.25, -0.2) is 0 Å². The van der Waals surface area contributed by atoms with E-state index in [2.05, 4.69) is 15.9 Å². The molecular formula is C10H9BrO2. The first-order chi connectivity index (χ1) is 6.29. The molecule has 1 atom stereocenters. The fourth-order valence-corrected chi connectivity index (χ4v) is 1.94. The number of hydrogen-bond donors (Lipinski definition) is 0. The molecule has 2 nitrogen and oxygen atoms in total. The number of hydrogen-bond acceptors (Lipinski definition) is 2. The Hall–Kier alpha value is -0.830. The van der Waals surface area contributed by atoms with E-state index in [1.54, 1.807) is 0 Å². The van der Waals surface area contributed by atoms with Crippen LogP contribution in [0.1, 0.15) is 12.0 Å². The summed E-state index contributed by atoms with van der Waals surface area (Å²) in [7, 11) is 0. The molecule has 3 heteroatoms. The van der Waals surface area contributed by atoms with Crippen LogP contribution in [0.3, 0.4) is 0 Å². The number of rotatable bonds is 2. The van der Waals surface area contributed by atoms with Gasteiger partial charge in [0.1, 0.15) is 18.1 Å². The van der Waals surface area contributed by atoms with Crippen molar-refractivity contribution in [2.75, 3.05) is 0 Å². The van der Waals surface area contributed by atoms with E-state index in [-0.39, 0.29) is 6.10 Å². The zero-order valence-electron chi connectivity index (χ0n) is 7.00. The Morgan fingerprint density at radius 2 is 2.46 bits per heavy atom. The molecule has 1 aliphatic heterocycles. The maximum Gasteiger partial charge on any atom is 0.123 e. The van der Waals surface area contributed by atoms with Crippen LogP contribution in [0.2, 0.25) is 0 Å².